The van der Waals surface area contributed by atoms with Gasteiger partial charge in [0.1, 0.15) is 0 Å². The van der Waals surface area contributed by atoms with E-state index in [1.165, 1.54) is 6.08 Å². The Morgan fingerprint density at radius 3 is 2.31 bits per heavy atom. The highest BCUT2D eigenvalue weighted by Crippen LogP contribution is 2.39. The molecule has 2 rings (SSSR count). The quantitative estimate of drug-likeness (QED) is 0.540. The molecular weight excluding hydrogens is 394 g/mol. The molecule has 1 aliphatic rings. The lowest BCUT2D eigenvalue weighted by Gasteiger charge is -2.16. The zero-order chi connectivity index (χ0) is 19.5. The summed E-state index contributed by atoms with van der Waals surface area (Å²) in [5.74, 6) is -0.700. The van der Waals surface area contributed by atoms with E-state index in [2.05, 4.69) is 5.32 Å². The summed E-state index contributed by atoms with van der Waals surface area (Å²) < 4.78 is 43.3. The maximum Gasteiger partial charge on any atom is 0.416 e. The van der Waals surface area contributed by atoms with Crippen LogP contribution in [-0.4, -0.2) is 29.9 Å². The van der Waals surface area contributed by atoms with Gasteiger partial charge in [-0.15, -0.1) is 0 Å². The number of likely N-dealkylation sites (tertiary alicyclic amines) is 1. The van der Waals surface area contributed by atoms with Crippen LogP contribution in [0.5, 0.6) is 5.75 Å². The molecule has 2 N–H and O–H groups in total. The van der Waals surface area contributed by atoms with E-state index in [9.17, 15) is 18.0 Å². The summed E-state index contributed by atoms with van der Waals surface area (Å²) in [5.41, 5.74) is -0.679. The van der Waals surface area contributed by atoms with Crippen LogP contribution >= 0.6 is 23.2 Å². The molecule has 10 heteroatoms. The van der Waals surface area contributed by atoms with Crippen molar-refractivity contribution in [2.45, 2.75) is 25.9 Å². The molecule has 1 aromatic rings. The van der Waals surface area contributed by atoms with Gasteiger partial charge in [0.05, 0.1) is 15.6 Å². The topological polar surface area (TPSA) is 65.4 Å². The molecule has 0 aromatic heterocycles. The zero-order valence-electron chi connectivity index (χ0n) is 13.7. The van der Waals surface area contributed by atoms with E-state index in [1.807, 2.05) is 0 Å². The molecule has 1 heterocycles. The van der Waals surface area contributed by atoms with Crippen molar-refractivity contribution in [3.63, 3.8) is 0 Å². The smallest absolute Gasteiger partial charge is 0.416 e. The van der Waals surface area contributed by atoms with Gasteiger partial charge in [0.2, 0.25) is 5.90 Å². The van der Waals surface area contributed by atoms with Gasteiger partial charge < -0.3 is 15.0 Å². The summed E-state index contributed by atoms with van der Waals surface area (Å²) in [4.78, 5) is 13.6. The average molecular weight is 410 g/mol. The Balaban J connectivity index is 2.06. The van der Waals surface area contributed by atoms with Crippen molar-refractivity contribution in [1.29, 1.82) is 5.41 Å². The van der Waals surface area contributed by atoms with E-state index in [-0.39, 0.29) is 21.8 Å². The molecule has 1 aliphatic heterocycles. The third-order valence-electron chi connectivity index (χ3n) is 3.58. The largest absolute Gasteiger partial charge is 0.436 e. The number of carbonyl (C=O) groups excluding carboxylic acids is 1. The Morgan fingerprint density at radius 2 is 1.81 bits per heavy atom. The Kier molecular flexibility index (Phi) is 6.41. The van der Waals surface area contributed by atoms with E-state index < -0.39 is 17.6 Å². The number of hydrogen-bond acceptors (Lipinski definition) is 3. The Labute approximate surface area is 158 Å². The second kappa shape index (κ2) is 8.18. The molecule has 1 saturated heterocycles. The minimum Gasteiger partial charge on any atom is -0.436 e. The fraction of sp³-hybridized carbons (Fsp3) is 0.375. The van der Waals surface area contributed by atoms with Crippen LogP contribution in [0.4, 0.5) is 18.0 Å². The first-order valence-corrected chi connectivity index (χ1v) is 8.40. The number of allylic oxidation sites excluding steroid dienone is 1. The number of nitrogens with zero attached hydrogens (tertiary/aromatic N) is 1. The van der Waals surface area contributed by atoms with Gasteiger partial charge in [-0.3, -0.25) is 5.41 Å². The normalized spacial score (nSPS) is 15.2. The minimum absolute atomic E-state index is 0.263. The lowest BCUT2D eigenvalue weighted by atomic mass is 10.2. The van der Waals surface area contributed by atoms with E-state index in [4.69, 9.17) is 33.3 Å². The molecule has 26 heavy (non-hydrogen) atoms. The lowest BCUT2D eigenvalue weighted by molar-refractivity contribution is -0.137. The van der Waals surface area contributed by atoms with Gasteiger partial charge in [0.25, 0.3) is 0 Å². The molecule has 1 aromatic carbocycles. The number of alkyl halides is 3. The maximum atomic E-state index is 12.7. The predicted octanol–water partition coefficient (Wildman–Crippen LogP) is 5.08. The van der Waals surface area contributed by atoms with Crippen molar-refractivity contribution in [3.05, 3.63) is 39.5 Å². The van der Waals surface area contributed by atoms with Crippen LogP contribution in [0.2, 0.25) is 10.0 Å². The van der Waals surface area contributed by atoms with Crippen LogP contribution in [0.3, 0.4) is 0 Å². The first kappa shape index (κ1) is 20.4. The molecule has 0 bridgehead atoms. The average Bonchev–Trinajstić information content (AvgIpc) is 3.04. The van der Waals surface area contributed by atoms with Gasteiger partial charge in [-0.2, -0.15) is 13.2 Å². The monoisotopic (exact) mass is 409 g/mol. The van der Waals surface area contributed by atoms with Crippen molar-refractivity contribution in [1.82, 2.24) is 10.2 Å². The van der Waals surface area contributed by atoms with Crippen LogP contribution in [0, 0.1) is 5.41 Å². The summed E-state index contributed by atoms with van der Waals surface area (Å²) in [7, 11) is 0. The number of benzene rings is 1. The standard InChI is InChI=1S/C16H16Cl2F3N3O2/c1-9(23-15(25)24-4-2-3-5-24)6-13(22)26-14-11(17)7-10(8-12(14)18)16(19,20)21/h6-8,22H,2-5H2,1H3,(H,23,25)/b9-6-,22-13?. The maximum absolute atomic E-state index is 12.7. The van der Waals surface area contributed by atoms with E-state index in [1.54, 1.807) is 11.8 Å². The van der Waals surface area contributed by atoms with Gasteiger partial charge in [-0.1, -0.05) is 23.2 Å². The number of carbonyl (C=O) groups is 1. The molecule has 0 saturated carbocycles. The molecule has 0 atom stereocenters. The summed E-state index contributed by atoms with van der Waals surface area (Å²) in [6, 6.07) is 1.05. The number of urea groups is 1. The van der Waals surface area contributed by atoms with Gasteiger partial charge in [0, 0.05) is 24.9 Å². The van der Waals surface area contributed by atoms with Crippen molar-refractivity contribution in [2.24, 2.45) is 0 Å². The second-order valence-electron chi connectivity index (χ2n) is 5.68. The Morgan fingerprint density at radius 1 is 1.27 bits per heavy atom. The van der Waals surface area contributed by atoms with Crippen molar-refractivity contribution >= 4 is 35.1 Å². The highest BCUT2D eigenvalue weighted by atomic mass is 35.5. The third-order valence-corrected chi connectivity index (χ3v) is 4.14. The first-order valence-electron chi connectivity index (χ1n) is 7.65. The molecular formula is C16H16Cl2F3N3O2. The predicted molar refractivity (Wildman–Crippen MR) is 92.9 cm³/mol. The van der Waals surface area contributed by atoms with Crippen LogP contribution < -0.4 is 10.1 Å². The number of amides is 2. The highest BCUT2D eigenvalue weighted by Gasteiger charge is 2.32. The number of nitrogens with one attached hydrogen (secondary N) is 2. The number of rotatable bonds is 3. The SMILES string of the molecule is C/C(=C/C(=N)Oc1c(Cl)cc(C(F)(F)F)cc1Cl)NC(=O)N1CCCC1. The molecule has 1 fully saturated rings. The number of hydrogen-bond donors (Lipinski definition) is 2. The molecule has 0 radical (unpaired) electrons. The number of halogens is 5. The molecule has 0 unspecified atom stereocenters. The molecule has 142 valence electrons. The second-order valence-corrected chi connectivity index (χ2v) is 6.50. The van der Waals surface area contributed by atoms with Gasteiger partial charge >= 0.3 is 12.2 Å². The summed E-state index contributed by atoms with van der Waals surface area (Å²) in [5, 5.41) is 9.64. The van der Waals surface area contributed by atoms with Crippen molar-refractivity contribution < 1.29 is 22.7 Å². The lowest BCUT2D eigenvalue weighted by Crippen LogP contribution is -2.37. The summed E-state index contributed by atoms with van der Waals surface area (Å²) >= 11 is 11.6. The molecule has 0 aliphatic carbocycles. The van der Waals surface area contributed by atoms with E-state index in [0.717, 1.165) is 12.8 Å². The Bertz CT molecular complexity index is 722. The first-order chi connectivity index (χ1) is 12.1. The van der Waals surface area contributed by atoms with Crippen LogP contribution in [0.15, 0.2) is 23.9 Å². The molecule has 2 amide bonds. The fourth-order valence-corrected chi connectivity index (χ4v) is 2.93. The summed E-state index contributed by atoms with van der Waals surface area (Å²) in [6.45, 7) is 2.90. The fourth-order valence-electron chi connectivity index (χ4n) is 2.36. The Hall–Kier alpha value is -1.93. The third kappa shape index (κ3) is 5.28. The van der Waals surface area contributed by atoms with Gasteiger partial charge in [-0.25, -0.2) is 4.79 Å². The molecule has 5 nitrogen and oxygen atoms in total. The minimum atomic E-state index is -4.60. The molecule has 0 spiro atoms. The van der Waals surface area contributed by atoms with E-state index >= 15 is 0 Å². The highest BCUT2D eigenvalue weighted by molar-refractivity contribution is 6.37. The van der Waals surface area contributed by atoms with Crippen molar-refractivity contribution in [2.75, 3.05) is 13.1 Å². The van der Waals surface area contributed by atoms with Gasteiger partial charge in [0.15, 0.2) is 5.75 Å². The zero-order valence-corrected chi connectivity index (χ0v) is 15.2. The van der Waals surface area contributed by atoms with Crippen LogP contribution in [-0.2, 0) is 6.18 Å². The number of ether oxygens (including phenoxy) is 1. The van der Waals surface area contributed by atoms with Crippen LogP contribution in [0.1, 0.15) is 25.3 Å². The van der Waals surface area contributed by atoms with E-state index in [0.29, 0.717) is 30.9 Å². The van der Waals surface area contributed by atoms with Gasteiger partial charge in [-0.05, 0) is 31.9 Å². The van der Waals surface area contributed by atoms with Crippen molar-refractivity contribution in [3.8, 4) is 5.75 Å². The summed E-state index contributed by atoms with van der Waals surface area (Å²) in [6.07, 6.45) is -1.51. The van der Waals surface area contributed by atoms with Crippen LogP contribution in [0.25, 0.3) is 0 Å².